The molecule has 1 aliphatic rings. The van der Waals surface area contributed by atoms with E-state index in [9.17, 15) is 13.2 Å². The molecule has 1 fully saturated rings. The molecule has 5 nitrogen and oxygen atoms in total. The van der Waals surface area contributed by atoms with Crippen molar-refractivity contribution in [2.75, 3.05) is 19.6 Å². The molecular formula is C23H30N2O3S. The van der Waals surface area contributed by atoms with Crippen LogP contribution >= 0.6 is 0 Å². The SMILES string of the molecule is CC(C)Cc1ccc(S(=O)(=O)N2CCCC(CNC(=O)c3ccccc3)C2)cc1. The number of rotatable bonds is 7. The Hall–Kier alpha value is -2.18. The smallest absolute Gasteiger partial charge is 0.251 e. The van der Waals surface area contributed by atoms with Gasteiger partial charge in [-0.2, -0.15) is 4.31 Å². The number of sulfonamides is 1. The molecule has 0 bridgehead atoms. The Morgan fingerprint density at radius 2 is 1.79 bits per heavy atom. The minimum absolute atomic E-state index is 0.117. The molecule has 2 aromatic carbocycles. The van der Waals surface area contributed by atoms with Gasteiger partial charge < -0.3 is 5.32 Å². The first kappa shape index (κ1) is 21.5. The van der Waals surface area contributed by atoms with Crippen LogP contribution in [0.1, 0.15) is 42.6 Å². The van der Waals surface area contributed by atoms with Gasteiger partial charge in [-0.25, -0.2) is 8.42 Å². The first-order valence-electron chi connectivity index (χ1n) is 10.3. The monoisotopic (exact) mass is 414 g/mol. The molecule has 0 radical (unpaired) electrons. The molecule has 0 aliphatic carbocycles. The van der Waals surface area contributed by atoms with Crippen LogP contribution in [0, 0.1) is 11.8 Å². The lowest BCUT2D eigenvalue weighted by Crippen LogP contribution is -2.43. The molecule has 6 heteroatoms. The Balaban J connectivity index is 1.61. The zero-order valence-corrected chi connectivity index (χ0v) is 18.0. The fraction of sp³-hybridized carbons (Fsp3) is 0.435. The average Bonchev–Trinajstić information content (AvgIpc) is 2.73. The normalized spacial score (nSPS) is 18.0. The molecule has 0 saturated carbocycles. The van der Waals surface area contributed by atoms with Crippen molar-refractivity contribution in [1.82, 2.24) is 9.62 Å². The summed E-state index contributed by atoms with van der Waals surface area (Å²) >= 11 is 0. The fourth-order valence-electron chi connectivity index (χ4n) is 3.76. The van der Waals surface area contributed by atoms with Crippen LogP contribution < -0.4 is 5.32 Å². The van der Waals surface area contributed by atoms with Crippen molar-refractivity contribution >= 4 is 15.9 Å². The predicted octanol–water partition coefficient (Wildman–Crippen LogP) is 3.72. The summed E-state index contributed by atoms with van der Waals surface area (Å²) in [5, 5.41) is 2.95. The van der Waals surface area contributed by atoms with Gasteiger partial charge in [0.25, 0.3) is 5.91 Å². The van der Waals surface area contributed by atoms with Crippen LogP contribution in [-0.4, -0.2) is 38.3 Å². The van der Waals surface area contributed by atoms with Gasteiger partial charge in [-0.3, -0.25) is 4.79 Å². The number of nitrogens with zero attached hydrogens (tertiary/aromatic N) is 1. The van der Waals surface area contributed by atoms with Crippen LogP contribution in [0.25, 0.3) is 0 Å². The molecular weight excluding hydrogens is 384 g/mol. The molecule has 29 heavy (non-hydrogen) atoms. The number of hydrogen-bond donors (Lipinski definition) is 1. The molecule has 0 aromatic heterocycles. The molecule has 156 valence electrons. The summed E-state index contributed by atoms with van der Waals surface area (Å²) in [6.45, 7) is 5.74. The van der Waals surface area contributed by atoms with Crippen molar-refractivity contribution < 1.29 is 13.2 Å². The van der Waals surface area contributed by atoms with Gasteiger partial charge in [0.1, 0.15) is 0 Å². The van der Waals surface area contributed by atoms with Gasteiger partial charge in [-0.15, -0.1) is 0 Å². The summed E-state index contributed by atoms with van der Waals surface area (Å²) in [4.78, 5) is 12.6. The summed E-state index contributed by atoms with van der Waals surface area (Å²) in [7, 11) is -3.51. The molecule has 1 atom stereocenters. The van der Waals surface area contributed by atoms with Crippen molar-refractivity contribution in [1.29, 1.82) is 0 Å². The van der Waals surface area contributed by atoms with Crippen LogP contribution in [0.15, 0.2) is 59.5 Å². The lowest BCUT2D eigenvalue weighted by molar-refractivity contribution is 0.0941. The standard InChI is InChI=1S/C23H30N2O3S/c1-18(2)15-19-10-12-22(13-11-19)29(27,28)25-14-6-7-20(17-25)16-24-23(26)21-8-4-3-5-9-21/h3-5,8-13,18,20H,6-7,14-17H2,1-2H3,(H,24,26). The largest absolute Gasteiger partial charge is 0.352 e. The van der Waals surface area contributed by atoms with E-state index in [4.69, 9.17) is 0 Å². The van der Waals surface area contributed by atoms with Gasteiger partial charge in [0.15, 0.2) is 0 Å². The molecule has 3 rings (SSSR count). The highest BCUT2D eigenvalue weighted by Gasteiger charge is 2.30. The average molecular weight is 415 g/mol. The first-order chi connectivity index (χ1) is 13.9. The Kier molecular flexibility index (Phi) is 7.09. The summed E-state index contributed by atoms with van der Waals surface area (Å²) in [6, 6.07) is 16.3. The van der Waals surface area contributed by atoms with E-state index in [1.165, 1.54) is 0 Å². The highest BCUT2D eigenvalue weighted by Crippen LogP contribution is 2.24. The van der Waals surface area contributed by atoms with Crippen molar-refractivity contribution in [2.45, 2.75) is 38.0 Å². The number of piperidine rings is 1. The van der Waals surface area contributed by atoms with E-state index < -0.39 is 10.0 Å². The minimum atomic E-state index is -3.51. The molecule has 1 amide bonds. The summed E-state index contributed by atoms with van der Waals surface area (Å²) in [6.07, 6.45) is 2.65. The number of carbonyl (C=O) groups is 1. The maximum atomic E-state index is 13.1. The quantitative estimate of drug-likeness (QED) is 0.751. The van der Waals surface area contributed by atoms with E-state index >= 15 is 0 Å². The van der Waals surface area contributed by atoms with E-state index in [0.29, 0.717) is 36.0 Å². The Bertz CT molecular complexity index is 909. The fourth-order valence-corrected chi connectivity index (χ4v) is 5.31. The zero-order valence-electron chi connectivity index (χ0n) is 17.2. The van der Waals surface area contributed by atoms with E-state index in [2.05, 4.69) is 19.2 Å². The lowest BCUT2D eigenvalue weighted by Gasteiger charge is -2.32. The number of carbonyl (C=O) groups excluding carboxylic acids is 1. The number of benzene rings is 2. The topological polar surface area (TPSA) is 66.5 Å². The first-order valence-corrected chi connectivity index (χ1v) is 11.7. The Morgan fingerprint density at radius 1 is 1.10 bits per heavy atom. The van der Waals surface area contributed by atoms with Gasteiger partial charge in [0.2, 0.25) is 10.0 Å². The second kappa shape index (κ2) is 9.55. The van der Waals surface area contributed by atoms with Gasteiger partial charge in [-0.05, 0) is 60.9 Å². The molecule has 1 aliphatic heterocycles. The summed E-state index contributed by atoms with van der Waals surface area (Å²) in [5.74, 6) is 0.532. The molecule has 1 saturated heterocycles. The number of hydrogen-bond acceptors (Lipinski definition) is 3. The molecule has 1 N–H and O–H groups in total. The second-order valence-electron chi connectivity index (χ2n) is 8.19. The molecule has 2 aromatic rings. The maximum absolute atomic E-state index is 13.1. The maximum Gasteiger partial charge on any atom is 0.251 e. The van der Waals surface area contributed by atoms with E-state index in [0.717, 1.165) is 24.8 Å². The highest BCUT2D eigenvalue weighted by atomic mass is 32.2. The summed E-state index contributed by atoms with van der Waals surface area (Å²) in [5.41, 5.74) is 1.77. The van der Waals surface area contributed by atoms with E-state index in [1.807, 2.05) is 30.3 Å². The third-order valence-corrected chi connectivity index (χ3v) is 7.15. The van der Waals surface area contributed by atoms with E-state index in [1.54, 1.807) is 28.6 Å². The molecule has 1 heterocycles. The number of amides is 1. The van der Waals surface area contributed by atoms with E-state index in [-0.39, 0.29) is 11.8 Å². The lowest BCUT2D eigenvalue weighted by atomic mass is 9.99. The summed E-state index contributed by atoms with van der Waals surface area (Å²) < 4.78 is 27.7. The van der Waals surface area contributed by atoms with Crippen LogP contribution in [0.2, 0.25) is 0 Å². The van der Waals surface area contributed by atoms with Gasteiger partial charge in [0.05, 0.1) is 4.90 Å². The van der Waals surface area contributed by atoms with Crippen molar-refractivity contribution in [2.24, 2.45) is 11.8 Å². The second-order valence-corrected chi connectivity index (χ2v) is 10.1. The highest BCUT2D eigenvalue weighted by molar-refractivity contribution is 7.89. The van der Waals surface area contributed by atoms with Crippen molar-refractivity contribution in [3.05, 3.63) is 65.7 Å². The van der Waals surface area contributed by atoms with Crippen LogP contribution in [-0.2, 0) is 16.4 Å². The third kappa shape index (κ3) is 5.67. The van der Waals surface area contributed by atoms with Crippen LogP contribution in [0.3, 0.4) is 0 Å². The predicted molar refractivity (Wildman–Crippen MR) is 115 cm³/mol. The van der Waals surface area contributed by atoms with Gasteiger partial charge in [0, 0.05) is 25.2 Å². The minimum Gasteiger partial charge on any atom is -0.352 e. The van der Waals surface area contributed by atoms with Crippen molar-refractivity contribution in [3.63, 3.8) is 0 Å². The number of nitrogens with one attached hydrogen (secondary N) is 1. The zero-order chi connectivity index (χ0) is 20.9. The van der Waals surface area contributed by atoms with Crippen LogP contribution in [0.5, 0.6) is 0 Å². The third-order valence-electron chi connectivity index (χ3n) is 5.27. The van der Waals surface area contributed by atoms with Gasteiger partial charge in [-0.1, -0.05) is 44.2 Å². The van der Waals surface area contributed by atoms with Crippen molar-refractivity contribution in [3.8, 4) is 0 Å². The Labute approximate surface area is 174 Å². The molecule has 1 unspecified atom stereocenters. The molecule has 0 spiro atoms. The Morgan fingerprint density at radius 3 is 2.45 bits per heavy atom. The van der Waals surface area contributed by atoms with Gasteiger partial charge >= 0.3 is 0 Å². The van der Waals surface area contributed by atoms with Crippen LogP contribution in [0.4, 0.5) is 0 Å².